The van der Waals surface area contributed by atoms with Crippen molar-refractivity contribution in [2.24, 2.45) is 10.7 Å². The van der Waals surface area contributed by atoms with Crippen LogP contribution in [0, 0.1) is 5.82 Å². The third-order valence-electron chi connectivity index (χ3n) is 5.55. The van der Waals surface area contributed by atoms with Crippen molar-refractivity contribution >= 4 is 17.8 Å². The molecule has 0 radical (unpaired) electrons. The van der Waals surface area contributed by atoms with Gasteiger partial charge >= 0.3 is 12.1 Å². The molecule has 0 fully saturated rings. The molecular weight excluding hydrogens is 472 g/mol. The molecule has 1 aromatic carbocycles. The summed E-state index contributed by atoms with van der Waals surface area (Å²) in [5.74, 6) is -2.63. The fourth-order valence-electron chi connectivity index (χ4n) is 3.90. The van der Waals surface area contributed by atoms with Crippen LogP contribution in [-0.2, 0) is 21.6 Å². The van der Waals surface area contributed by atoms with E-state index >= 15 is 0 Å². The lowest BCUT2D eigenvalue weighted by Crippen LogP contribution is -2.41. The number of likely N-dealkylation sites (N-methyl/N-ethyl adjacent to an activating group) is 1. The highest BCUT2D eigenvalue weighted by Gasteiger charge is 2.51. The smallest absolute Gasteiger partial charge is 0.406 e. The zero-order chi connectivity index (χ0) is 25.5. The number of nitrogens with two attached hydrogens (primary N) is 1. The second kappa shape index (κ2) is 8.49. The Labute approximate surface area is 195 Å². The summed E-state index contributed by atoms with van der Waals surface area (Å²) in [5.41, 5.74) is 3.82. The molecule has 0 spiro atoms. The highest BCUT2D eigenvalue weighted by atomic mass is 19.4. The molecule has 2 aromatic heterocycles. The lowest BCUT2D eigenvalue weighted by atomic mass is 9.83. The maximum atomic E-state index is 14.7. The average Bonchev–Trinajstić information content (AvgIpc) is 3.33. The molecule has 4 rings (SSSR count). The summed E-state index contributed by atoms with van der Waals surface area (Å²) in [7, 11) is 2.35. The first-order chi connectivity index (χ1) is 16.5. The Kier molecular flexibility index (Phi) is 5.79. The van der Waals surface area contributed by atoms with Gasteiger partial charge in [0.2, 0.25) is 0 Å². The topological polar surface area (TPSA) is 116 Å². The number of aliphatic imine (C=N–C) groups is 1. The van der Waals surface area contributed by atoms with Crippen molar-refractivity contribution in [2.45, 2.75) is 18.3 Å². The Morgan fingerprint density at radius 3 is 2.43 bits per heavy atom. The first kappa shape index (κ1) is 23.9. The Hall–Kier alpha value is -4.29. The number of methoxy groups -OCH3 is 1. The number of rotatable bonds is 5. The van der Waals surface area contributed by atoms with Gasteiger partial charge in [-0.3, -0.25) is 9.69 Å². The van der Waals surface area contributed by atoms with E-state index in [1.54, 1.807) is 0 Å². The lowest BCUT2D eigenvalue weighted by Gasteiger charge is -2.25. The Morgan fingerprint density at radius 2 is 1.86 bits per heavy atom. The number of hydrogen-bond donors (Lipinski definition) is 1. The van der Waals surface area contributed by atoms with Crippen LogP contribution in [0.5, 0.6) is 0 Å². The summed E-state index contributed by atoms with van der Waals surface area (Å²) >= 11 is 0. The molecule has 0 saturated heterocycles. The summed E-state index contributed by atoms with van der Waals surface area (Å²) in [6.07, 6.45) is 0.281. The number of nitrogens with zero attached hydrogens (tertiary/aromatic N) is 5. The molecule has 9 nitrogen and oxygen atoms in total. The summed E-state index contributed by atoms with van der Waals surface area (Å²) in [6, 6.07) is 4.76. The fourth-order valence-corrected chi connectivity index (χ4v) is 3.90. The second-order valence-corrected chi connectivity index (χ2v) is 7.72. The van der Waals surface area contributed by atoms with Gasteiger partial charge in [-0.2, -0.15) is 13.2 Å². The van der Waals surface area contributed by atoms with Gasteiger partial charge in [-0.05, 0) is 23.8 Å². The first-order valence-corrected chi connectivity index (χ1v) is 10.0. The van der Waals surface area contributed by atoms with Gasteiger partial charge in [0.1, 0.15) is 24.4 Å². The SMILES string of the molecule is COC(=O)c1cc(C2(c3ccc(F)c(-c4cncnc4)c3)N=C(N)N(C)C2=O)cn1CC(F)(F)F. The van der Waals surface area contributed by atoms with Gasteiger partial charge in [-0.25, -0.2) is 24.1 Å². The van der Waals surface area contributed by atoms with E-state index in [1.807, 2.05) is 0 Å². The lowest BCUT2D eigenvalue weighted by molar-refractivity contribution is -0.140. The number of hydrogen-bond acceptors (Lipinski definition) is 7. The van der Waals surface area contributed by atoms with Crippen LogP contribution >= 0.6 is 0 Å². The van der Waals surface area contributed by atoms with Gasteiger partial charge in [0.25, 0.3) is 5.91 Å². The van der Waals surface area contributed by atoms with E-state index in [9.17, 15) is 27.2 Å². The third-order valence-corrected chi connectivity index (χ3v) is 5.55. The largest absolute Gasteiger partial charge is 0.464 e. The van der Waals surface area contributed by atoms with Gasteiger partial charge in [0, 0.05) is 42.3 Å². The Balaban J connectivity index is 1.98. The van der Waals surface area contributed by atoms with Gasteiger partial charge in [-0.15, -0.1) is 0 Å². The van der Waals surface area contributed by atoms with Crippen molar-refractivity contribution in [3.05, 3.63) is 71.8 Å². The number of benzene rings is 1. The molecule has 3 aromatic rings. The van der Waals surface area contributed by atoms with Crippen molar-refractivity contribution in [1.29, 1.82) is 0 Å². The Bertz CT molecular complexity index is 1340. The number of amides is 1. The van der Waals surface area contributed by atoms with Crippen molar-refractivity contribution in [1.82, 2.24) is 19.4 Å². The van der Waals surface area contributed by atoms with Gasteiger partial charge in [0.05, 0.1) is 7.11 Å². The number of carbonyl (C=O) groups is 2. The zero-order valence-corrected chi connectivity index (χ0v) is 18.4. The standard InChI is InChI=1S/C22H18F4N6O3/c1-31-19(34)22(30-20(31)27,13-3-4-16(23)15(5-13)12-7-28-11-29-8-12)14-6-17(18(33)35-2)32(9-14)10-21(24,25)26/h3-9,11H,10H2,1-2H3,(H2,27,30). The number of guanidine groups is 1. The van der Waals surface area contributed by atoms with Crippen molar-refractivity contribution in [3.63, 3.8) is 0 Å². The minimum absolute atomic E-state index is 0.0292. The predicted octanol–water partition coefficient (Wildman–Crippen LogP) is 2.46. The molecule has 1 amide bonds. The van der Waals surface area contributed by atoms with Crippen LogP contribution in [0.1, 0.15) is 21.6 Å². The van der Waals surface area contributed by atoms with E-state index < -0.39 is 41.6 Å². The molecule has 1 aliphatic rings. The predicted molar refractivity (Wildman–Crippen MR) is 114 cm³/mol. The van der Waals surface area contributed by atoms with E-state index in [0.717, 1.165) is 30.3 Å². The molecule has 182 valence electrons. The number of alkyl halides is 3. The molecule has 13 heteroatoms. The molecule has 1 atom stereocenters. The highest BCUT2D eigenvalue weighted by Crippen LogP contribution is 2.42. The molecule has 1 aliphatic heterocycles. The molecule has 3 heterocycles. The average molecular weight is 490 g/mol. The van der Waals surface area contributed by atoms with Gasteiger partial charge < -0.3 is 15.0 Å². The van der Waals surface area contributed by atoms with Crippen LogP contribution in [0.3, 0.4) is 0 Å². The number of carbonyl (C=O) groups excluding carboxylic acids is 2. The number of ether oxygens (including phenoxy) is 1. The minimum Gasteiger partial charge on any atom is -0.464 e. The minimum atomic E-state index is -4.68. The molecular formula is C22H18F4N6O3. The monoisotopic (exact) mass is 490 g/mol. The molecule has 0 saturated carbocycles. The van der Waals surface area contributed by atoms with Gasteiger partial charge in [-0.1, -0.05) is 6.07 Å². The second-order valence-electron chi connectivity index (χ2n) is 7.72. The highest BCUT2D eigenvalue weighted by molar-refractivity contribution is 6.09. The summed E-state index contributed by atoms with van der Waals surface area (Å²) in [5, 5.41) is 0. The van der Waals surface area contributed by atoms with E-state index in [0.29, 0.717) is 10.1 Å². The molecule has 1 unspecified atom stereocenters. The van der Waals surface area contributed by atoms with Gasteiger partial charge in [0.15, 0.2) is 11.5 Å². The summed E-state index contributed by atoms with van der Waals surface area (Å²) < 4.78 is 59.7. The van der Waals surface area contributed by atoms with Crippen molar-refractivity contribution in [3.8, 4) is 11.1 Å². The molecule has 0 bridgehead atoms. The molecule has 35 heavy (non-hydrogen) atoms. The number of halogens is 4. The number of esters is 1. The normalized spacial score (nSPS) is 18.1. The van der Waals surface area contributed by atoms with E-state index in [4.69, 9.17) is 5.73 Å². The van der Waals surface area contributed by atoms with E-state index in [-0.39, 0.29) is 22.6 Å². The maximum Gasteiger partial charge on any atom is 0.406 e. The first-order valence-electron chi connectivity index (χ1n) is 10.0. The summed E-state index contributed by atoms with van der Waals surface area (Å²) in [6.45, 7) is -1.52. The van der Waals surface area contributed by atoms with E-state index in [1.165, 1.54) is 37.9 Å². The quantitative estimate of drug-likeness (QED) is 0.434. The van der Waals surface area contributed by atoms with E-state index in [2.05, 4.69) is 19.7 Å². The van der Waals surface area contributed by atoms with Crippen LogP contribution in [-0.4, -0.2) is 57.6 Å². The van der Waals surface area contributed by atoms with Crippen LogP contribution in [0.15, 0.2) is 54.2 Å². The number of aromatic nitrogens is 3. The molecule has 0 aliphatic carbocycles. The fraction of sp³-hybridized carbons (Fsp3) is 0.227. The molecule has 2 N–H and O–H groups in total. The van der Waals surface area contributed by atoms with Crippen molar-refractivity contribution in [2.75, 3.05) is 14.2 Å². The van der Waals surface area contributed by atoms with Crippen LogP contribution in [0.2, 0.25) is 0 Å². The van der Waals surface area contributed by atoms with Crippen LogP contribution in [0.25, 0.3) is 11.1 Å². The third kappa shape index (κ3) is 4.09. The summed E-state index contributed by atoms with van der Waals surface area (Å²) in [4.78, 5) is 38.8. The van der Waals surface area contributed by atoms with Crippen LogP contribution in [0.4, 0.5) is 17.6 Å². The Morgan fingerprint density at radius 1 is 1.17 bits per heavy atom. The van der Waals surface area contributed by atoms with Crippen molar-refractivity contribution < 1.29 is 31.9 Å². The maximum absolute atomic E-state index is 14.7. The zero-order valence-electron chi connectivity index (χ0n) is 18.4. The van der Waals surface area contributed by atoms with Crippen LogP contribution < -0.4 is 5.73 Å².